The number of hydrogen-bond acceptors (Lipinski definition) is 10. The molecule has 1 atom stereocenters. The molecule has 1 aliphatic heterocycles. The summed E-state index contributed by atoms with van der Waals surface area (Å²) in [5, 5.41) is 0. The van der Waals surface area contributed by atoms with Crippen LogP contribution < -0.4 is 33.8 Å². The van der Waals surface area contributed by atoms with Crippen molar-refractivity contribution in [1.82, 2.24) is 4.57 Å². The van der Waals surface area contributed by atoms with Crippen LogP contribution in [0.3, 0.4) is 0 Å². The van der Waals surface area contributed by atoms with E-state index in [0.29, 0.717) is 62.2 Å². The SMILES string of the molecule is CCOc1ccc([C@H]2C(C(=O)OC)=CN=c3s/c(=C/c4ccc(OC(=O)c5ccc(OC)cc5)cc4)c(=O)n32)cc1OCC. The molecule has 0 radical (unpaired) electrons. The third-order valence-electron chi connectivity index (χ3n) is 6.72. The van der Waals surface area contributed by atoms with Crippen molar-refractivity contribution in [3.63, 3.8) is 0 Å². The zero-order valence-electron chi connectivity index (χ0n) is 24.6. The molecule has 4 aromatic rings. The molecule has 2 heterocycles. The second kappa shape index (κ2) is 13.4. The van der Waals surface area contributed by atoms with Crippen LogP contribution in [0, 0.1) is 0 Å². The Morgan fingerprint density at radius 1 is 0.886 bits per heavy atom. The Kier molecular flexibility index (Phi) is 9.25. The molecule has 0 fully saturated rings. The molecular formula is C33H30N2O8S. The van der Waals surface area contributed by atoms with Crippen molar-refractivity contribution < 1.29 is 33.3 Å². The second-order valence-electron chi connectivity index (χ2n) is 9.44. The average molecular weight is 615 g/mol. The fraction of sp³-hybridized carbons (Fsp3) is 0.212. The van der Waals surface area contributed by atoms with Crippen LogP contribution >= 0.6 is 11.3 Å². The Bertz CT molecular complexity index is 1890. The number of ether oxygens (including phenoxy) is 5. The van der Waals surface area contributed by atoms with Gasteiger partial charge in [0.25, 0.3) is 5.56 Å². The molecule has 1 aliphatic rings. The lowest BCUT2D eigenvalue weighted by molar-refractivity contribution is -0.136. The van der Waals surface area contributed by atoms with Gasteiger partial charge in [-0.2, -0.15) is 0 Å². The van der Waals surface area contributed by atoms with E-state index in [9.17, 15) is 14.4 Å². The first-order chi connectivity index (χ1) is 21.4. The Balaban J connectivity index is 1.47. The van der Waals surface area contributed by atoms with Crippen LogP contribution in [0.15, 0.2) is 88.3 Å². The van der Waals surface area contributed by atoms with E-state index in [4.69, 9.17) is 23.7 Å². The van der Waals surface area contributed by atoms with E-state index in [1.165, 1.54) is 29.2 Å². The van der Waals surface area contributed by atoms with Crippen LogP contribution in [0.4, 0.5) is 0 Å². The highest BCUT2D eigenvalue weighted by Gasteiger charge is 2.31. The molecule has 0 saturated heterocycles. The van der Waals surface area contributed by atoms with E-state index in [2.05, 4.69) is 4.99 Å². The van der Waals surface area contributed by atoms with Crippen LogP contribution in [0.5, 0.6) is 23.0 Å². The largest absolute Gasteiger partial charge is 0.497 e. The first kappa shape index (κ1) is 30.3. The lowest BCUT2D eigenvalue weighted by Crippen LogP contribution is -2.39. The molecule has 0 spiro atoms. The van der Waals surface area contributed by atoms with Crippen molar-refractivity contribution in [3.8, 4) is 23.0 Å². The highest BCUT2D eigenvalue weighted by Crippen LogP contribution is 2.35. The van der Waals surface area contributed by atoms with Crippen LogP contribution in [0.1, 0.15) is 41.4 Å². The summed E-state index contributed by atoms with van der Waals surface area (Å²) < 4.78 is 29.0. The number of esters is 2. The minimum absolute atomic E-state index is 0.209. The first-order valence-electron chi connectivity index (χ1n) is 13.8. The summed E-state index contributed by atoms with van der Waals surface area (Å²) in [7, 11) is 2.84. The van der Waals surface area contributed by atoms with Gasteiger partial charge in [0.05, 0.1) is 49.1 Å². The number of rotatable bonds is 10. The van der Waals surface area contributed by atoms with Crippen LogP contribution in [-0.4, -0.2) is 43.9 Å². The number of nitrogens with zero attached hydrogens (tertiary/aromatic N) is 2. The second-order valence-corrected chi connectivity index (χ2v) is 10.4. The summed E-state index contributed by atoms with van der Waals surface area (Å²) in [6, 6.07) is 17.9. The molecule has 226 valence electrons. The van der Waals surface area contributed by atoms with Crippen molar-refractivity contribution in [2.24, 2.45) is 4.99 Å². The van der Waals surface area contributed by atoms with Gasteiger partial charge >= 0.3 is 11.9 Å². The summed E-state index contributed by atoms with van der Waals surface area (Å²) in [5.74, 6) is 0.957. The third-order valence-corrected chi connectivity index (χ3v) is 7.72. The van der Waals surface area contributed by atoms with Crippen molar-refractivity contribution in [2.45, 2.75) is 19.9 Å². The van der Waals surface area contributed by atoms with Gasteiger partial charge in [-0.05, 0) is 79.6 Å². The molecule has 0 aliphatic carbocycles. The first-order valence-corrected chi connectivity index (χ1v) is 14.6. The van der Waals surface area contributed by atoms with E-state index in [1.54, 1.807) is 79.9 Å². The maximum atomic E-state index is 13.8. The van der Waals surface area contributed by atoms with E-state index < -0.39 is 18.0 Å². The molecule has 0 N–H and O–H groups in total. The van der Waals surface area contributed by atoms with Crippen molar-refractivity contribution in [3.05, 3.63) is 115 Å². The van der Waals surface area contributed by atoms with Crippen LogP contribution in [-0.2, 0) is 9.53 Å². The molecule has 44 heavy (non-hydrogen) atoms. The molecular weight excluding hydrogens is 584 g/mol. The van der Waals surface area contributed by atoms with Gasteiger partial charge in [-0.3, -0.25) is 9.36 Å². The quantitative estimate of drug-likeness (QED) is 0.194. The van der Waals surface area contributed by atoms with E-state index in [-0.39, 0.29) is 11.1 Å². The van der Waals surface area contributed by atoms with Crippen molar-refractivity contribution >= 4 is 29.4 Å². The van der Waals surface area contributed by atoms with Crippen molar-refractivity contribution in [1.29, 1.82) is 0 Å². The minimum atomic E-state index is -0.796. The minimum Gasteiger partial charge on any atom is -0.497 e. The maximum Gasteiger partial charge on any atom is 0.343 e. The molecule has 3 aromatic carbocycles. The number of thiazole rings is 1. The zero-order valence-corrected chi connectivity index (χ0v) is 25.4. The predicted octanol–water partition coefficient (Wildman–Crippen LogP) is 4.04. The Hall–Kier alpha value is -5.16. The normalized spacial score (nSPS) is 14.1. The molecule has 0 bridgehead atoms. The topological polar surface area (TPSA) is 115 Å². The Morgan fingerprint density at radius 2 is 1.57 bits per heavy atom. The fourth-order valence-corrected chi connectivity index (χ4v) is 5.63. The molecule has 5 rings (SSSR count). The van der Waals surface area contributed by atoms with Gasteiger partial charge in [-0.15, -0.1) is 0 Å². The van der Waals surface area contributed by atoms with Gasteiger partial charge in [0.1, 0.15) is 11.5 Å². The number of carbonyl (C=O) groups excluding carboxylic acids is 2. The van der Waals surface area contributed by atoms with E-state index >= 15 is 0 Å². The number of carbonyl (C=O) groups is 2. The van der Waals surface area contributed by atoms with Gasteiger partial charge < -0.3 is 23.7 Å². The lowest BCUT2D eigenvalue weighted by atomic mass is 9.97. The smallest absolute Gasteiger partial charge is 0.343 e. The average Bonchev–Trinajstić information content (AvgIpc) is 3.36. The van der Waals surface area contributed by atoms with Gasteiger partial charge in [-0.25, -0.2) is 14.6 Å². The van der Waals surface area contributed by atoms with E-state index in [1.807, 2.05) is 13.8 Å². The predicted molar refractivity (Wildman–Crippen MR) is 164 cm³/mol. The van der Waals surface area contributed by atoms with Gasteiger partial charge in [0.15, 0.2) is 16.3 Å². The van der Waals surface area contributed by atoms with Gasteiger partial charge in [-0.1, -0.05) is 29.5 Å². The molecule has 1 aromatic heterocycles. The fourth-order valence-electron chi connectivity index (χ4n) is 4.66. The lowest BCUT2D eigenvalue weighted by Gasteiger charge is -2.23. The Labute approximate surface area is 257 Å². The molecule has 0 unspecified atom stereocenters. The van der Waals surface area contributed by atoms with Crippen LogP contribution in [0.2, 0.25) is 0 Å². The van der Waals surface area contributed by atoms with Gasteiger partial charge in [0, 0.05) is 6.20 Å². The third kappa shape index (κ3) is 6.28. The molecule has 0 saturated carbocycles. The summed E-state index contributed by atoms with van der Waals surface area (Å²) in [6.45, 7) is 4.60. The number of fused-ring (bicyclic) bond motifs is 1. The summed E-state index contributed by atoms with van der Waals surface area (Å²) >= 11 is 1.20. The highest BCUT2D eigenvalue weighted by atomic mass is 32.1. The number of methoxy groups -OCH3 is 2. The van der Waals surface area contributed by atoms with E-state index in [0.717, 1.165) is 0 Å². The standard InChI is InChI=1S/C33H30N2O8S/c1-5-41-26-16-11-22(18-27(26)42-6-2)29-25(32(38)40-4)19-34-33-35(29)30(36)28(44-33)17-20-7-12-24(13-8-20)43-31(37)21-9-14-23(39-3)15-10-21/h7-19,29H,5-6H2,1-4H3/b28-17+/t29-/m0/s1. The molecule has 0 amide bonds. The summed E-state index contributed by atoms with van der Waals surface area (Å²) in [6.07, 6.45) is 3.16. The van der Waals surface area contributed by atoms with Gasteiger partial charge in [0.2, 0.25) is 0 Å². The van der Waals surface area contributed by atoms with Crippen molar-refractivity contribution in [2.75, 3.05) is 27.4 Å². The maximum absolute atomic E-state index is 13.8. The summed E-state index contributed by atoms with van der Waals surface area (Å²) in [4.78, 5) is 44.0. The summed E-state index contributed by atoms with van der Waals surface area (Å²) in [5.41, 5.74) is 1.62. The van der Waals surface area contributed by atoms with Crippen LogP contribution in [0.25, 0.3) is 6.08 Å². The molecule has 10 nitrogen and oxygen atoms in total. The number of aromatic nitrogens is 1. The zero-order chi connectivity index (χ0) is 31.2. The highest BCUT2D eigenvalue weighted by molar-refractivity contribution is 7.07. The Morgan fingerprint density at radius 3 is 2.23 bits per heavy atom. The number of benzene rings is 3. The molecule has 11 heteroatoms. The monoisotopic (exact) mass is 614 g/mol. The number of hydrogen-bond donors (Lipinski definition) is 0.